The molecule has 4 heteroatoms. The van der Waals surface area contributed by atoms with Gasteiger partial charge in [-0.2, -0.15) is 11.8 Å². The van der Waals surface area contributed by atoms with E-state index in [1.807, 2.05) is 12.4 Å². The molecule has 0 aliphatic carbocycles. The fourth-order valence-corrected chi connectivity index (χ4v) is 4.45. The van der Waals surface area contributed by atoms with Gasteiger partial charge >= 0.3 is 0 Å². The zero-order valence-electron chi connectivity index (χ0n) is 13.0. The Labute approximate surface area is 131 Å². The van der Waals surface area contributed by atoms with Crippen molar-refractivity contribution in [3.8, 4) is 0 Å². The lowest BCUT2D eigenvalue weighted by Crippen LogP contribution is -2.40. The summed E-state index contributed by atoms with van der Waals surface area (Å²) in [4.78, 5) is 4.45. The van der Waals surface area contributed by atoms with Crippen molar-refractivity contribution in [2.24, 2.45) is 5.41 Å². The average Bonchev–Trinajstić information content (AvgIpc) is 2.86. The molecule has 1 aliphatic heterocycles. The molecular formula is C17H25N3S. The van der Waals surface area contributed by atoms with Crippen LogP contribution in [0.5, 0.6) is 0 Å². The number of imidazole rings is 1. The molecule has 1 unspecified atom stereocenters. The number of nitrogens with one attached hydrogen (secondary N) is 1. The maximum atomic E-state index is 4.45. The van der Waals surface area contributed by atoms with E-state index in [2.05, 4.69) is 58.7 Å². The van der Waals surface area contributed by atoms with E-state index in [-0.39, 0.29) is 0 Å². The van der Waals surface area contributed by atoms with E-state index in [1.165, 1.54) is 23.4 Å². The van der Waals surface area contributed by atoms with Gasteiger partial charge in [-0.05, 0) is 42.7 Å². The fraction of sp³-hybridized carbons (Fsp3) is 0.588. The molecule has 1 saturated heterocycles. The second-order valence-electron chi connectivity index (χ2n) is 6.81. The highest BCUT2D eigenvalue weighted by Crippen LogP contribution is 2.33. The number of rotatable bonds is 5. The van der Waals surface area contributed by atoms with Gasteiger partial charge in [-0.25, -0.2) is 4.98 Å². The van der Waals surface area contributed by atoms with Crippen LogP contribution < -0.4 is 5.32 Å². The number of thioether (sulfide) groups is 1. The third kappa shape index (κ3) is 3.80. The number of aryl methyl sites for hydroxylation is 1. The molecular weight excluding hydrogens is 278 g/mol. The monoisotopic (exact) mass is 303 g/mol. The van der Waals surface area contributed by atoms with Crippen LogP contribution in [-0.2, 0) is 6.54 Å². The zero-order chi connectivity index (χ0) is 14.7. The molecule has 1 aromatic carbocycles. The number of benzene rings is 1. The first kappa shape index (κ1) is 14.9. The zero-order valence-corrected chi connectivity index (χ0v) is 13.8. The van der Waals surface area contributed by atoms with Crippen LogP contribution >= 0.6 is 11.8 Å². The Hall–Kier alpha value is -1.00. The van der Waals surface area contributed by atoms with Gasteiger partial charge in [0, 0.05) is 18.3 Å². The molecule has 0 spiro atoms. The first-order chi connectivity index (χ1) is 10.1. The summed E-state index contributed by atoms with van der Waals surface area (Å²) in [6.07, 6.45) is 4.42. The molecule has 1 aliphatic rings. The van der Waals surface area contributed by atoms with E-state index in [9.17, 15) is 0 Å². The van der Waals surface area contributed by atoms with Crippen molar-refractivity contribution in [3.63, 3.8) is 0 Å². The van der Waals surface area contributed by atoms with Crippen LogP contribution in [0.3, 0.4) is 0 Å². The maximum Gasteiger partial charge on any atom is 0.0958 e. The summed E-state index contributed by atoms with van der Waals surface area (Å²) in [7, 11) is 0. The van der Waals surface area contributed by atoms with Crippen molar-refractivity contribution in [1.82, 2.24) is 14.9 Å². The van der Waals surface area contributed by atoms with Gasteiger partial charge in [0.15, 0.2) is 0 Å². The van der Waals surface area contributed by atoms with Crippen LogP contribution in [0, 0.1) is 5.41 Å². The fourth-order valence-electron chi connectivity index (χ4n) is 3.14. The maximum absolute atomic E-state index is 4.45. The Morgan fingerprint density at radius 2 is 2.24 bits per heavy atom. The van der Waals surface area contributed by atoms with Crippen LogP contribution in [0.2, 0.25) is 0 Å². The highest BCUT2D eigenvalue weighted by atomic mass is 32.2. The second kappa shape index (κ2) is 6.41. The van der Waals surface area contributed by atoms with Crippen molar-refractivity contribution >= 4 is 22.8 Å². The Morgan fingerprint density at radius 3 is 3.10 bits per heavy atom. The van der Waals surface area contributed by atoms with E-state index in [0.29, 0.717) is 11.5 Å². The smallest absolute Gasteiger partial charge is 0.0958 e. The molecule has 0 bridgehead atoms. The van der Waals surface area contributed by atoms with Crippen molar-refractivity contribution in [2.45, 2.75) is 39.3 Å². The van der Waals surface area contributed by atoms with Crippen LogP contribution in [-0.4, -0.2) is 33.6 Å². The van der Waals surface area contributed by atoms with Crippen molar-refractivity contribution < 1.29 is 0 Å². The minimum Gasteiger partial charge on any atom is -0.331 e. The Balaban J connectivity index is 1.46. The van der Waals surface area contributed by atoms with Crippen LogP contribution in [0.15, 0.2) is 30.6 Å². The largest absolute Gasteiger partial charge is 0.331 e. The predicted molar refractivity (Wildman–Crippen MR) is 91.9 cm³/mol. The molecule has 2 heterocycles. The van der Waals surface area contributed by atoms with Gasteiger partial charge in [-0.3, -0.25) is 0 Å². The van der Waals surface area contributed by atoms with Gasteiger partial charge in [-0.1, -0.05) is 26.0 Å². The summed E-state index contributed by atoms with van der Waals surface area (Å²) < 4.78 is 2.26. The minimum atomic E-state index is 0.487. The highest BCUT2D eigenvalue weighted by molar-refractivity contribution is 7.99. The van der Waals surface area contributed by atoms with E-state index in [4.69, 9.17) is 0 Å². The third-order valence-electron chi connectivity index (χ3n) is 4.15. The van der Waals surface area contributed by atoms with Gasteiger partial charge < -0.3 is 9.88 Å². The molecule has 2 aromatic rings. The van der Waals surface area contributed by atoms with Crippen LogP contribution in [0.4, 0.5) is 0 Å². The van der Waals surface area contributed by atoms with Gasteiger partial charge in [-0.15, -0.1) is 0 Å². The minimum absolute atomic E-state index is 0.487. The highest BCUT2D eigenvalue weighted by Gasteiger charge is 2.27. The number of nitrogens with zero attached hydrogens (tertiary/aromatic N) is 2. The lowest BCUT2D eigenvalue weighted by atomic mass is 9.88. The summed E-state index contributed by atoms with van der Waals surface area (Å²) in [5.74, 6) is 2.56. The number of aromatic nitrogens is 2. The SMILES string of the molecule is CC1(C)CSCC(NCCCn2cnc3ccccc32)C1. The van der Waals surface area contributed by atoms with Crippen molar-refractivity contribution in [2.75, 3.05) is 18.1 Å². The van der Waals surface area contributed by atoms with Gasteiger partial charge in [0.1, 0.15) is 0 Å². The van der Waals surface area contributed by atoms with Crippen molar-refractivity contribution in [3.05, 3.63) is 30.6 Å². The lowest BCUT2D eigenvalue weighted by molar-refractivity contribution is 0.317. The number of para-hydroxylation sites is 2. The molecule has 1 aromatic heterocycles. The molecule has 114 valence electrons. The molecule has 1 atom stereocenters. The molecule has 1 fully saturated rings. The topological polar surface area (TPSA) is 29.9 Å². The molecule has 0 saturated carbocycles. The predicted octanol–water partition coefficient (Wildman–Crippen LogP) is 3.55. The van der Waals surface area contributed by atoms with Gasteiger partial charge in [0.05, 0.1) is 17.4 Å². The summed E-state index contributed by atoms with van der Waals surface area (Å²) >= 11 is 2.09. The Kier molecular flexibility index (Phi) is 4.55. The summed E-state index contributed by atoms with van der Waals surface area (Å²) in [5, 5.41) is 3.73. The molecule has 0 radical (unpaired) electrons. The average molecular weight is 303 g/mol. The molecule has 21 heavy (non-hydrogen) atoms. The normalized spacial score (nSPS) is 21.7. The van der Waals surface area contributed by atoms with E-state index >= 15 is 0 Å². The standard InChI is InChI=1S/C17H25N3S/c1-17(2)10-14(11-21-12-17)18-8-5-9-20-13-19-15-6-3-4-7-16(15)20/h3-4,6-7,13-14,18H,5,8-12H2,1-2H3. The lowest BCUT2D eigenvalue weighted by Gasteiger charge is -2.35. The molecule has 3 rings (SSSR count). The van der Waals surface area contributed by atoms with E-state index in [1.54, 1.807) is 0 Å². The second-order valence-corrected chi connectivity index (χ2v) is 7.85. The quantitative estimate of drug-likeness (QED) is 0.857. The first-order valence-electron chi connectivity index (χ1n) is 7.85. The number of fused-ring (bicyclic) bond motifs is 1. The first-order valence-corrected chi connectivity index (χ1v) is 9.01. The molecule has 1 N–H and O–H groups in total. The summed E-state index contributed by atoms with van der Waals surface area (Å²) in [6.45, 7) is 6.89. The van der Waals surface area contributed by atoms with Crippen molar-refractivity contribution in [1.29, 1.82) is 0 Å². The third-order valence-corrected chi connectivity index (χ3v) is 5.77. The van der Waals surface area contributed by atoms with E-state index in [0.717, 1.165) is 25.0 Å². The van der Waals surface area contributed by atoms with Crippen LogP contribution in [0.1, 0.15) is 26.7 Å². The van der Waals surface area contributed by atoms with Crippen LogP contribution in [0.25, 0.3) is 11.0 Å². The summed E-state index contributed by atoms with van der Waals surface area (Å²) in [6, 6.07) is 9.03. The number of hydrogen-bond donors (Lipinski definition) is 1. The molecule has 0 amide bonds. The van der Waals surface area contributed by atoms with Gasteiger partial charge in [0.2, 0.25) is 0 Å². The Morgan fingerprint density at radius 1 is 1.38 bits per heavy atom. The van der Waals surface area contributed by atoms with E-state index < -0.39 is 0 Å². The summed E-state index contributed by atoms with van der Waals surface area (Å²) in [5.41, 5.74) is 2.82. The number of hydrogen-bond acceptors (Lipinski definition) is 3. The van der Waals surface area contributed by atoms with Gasteiger partial charge in [0.25, 0.3) is 0 Å². The molecule has 3 nitrogen and oxygen atoms in total. The Bertz CT molecular complexity index is 590.